The zero-order valence-electron chi connectivity index (χ0n) is 10.9. The fraction of sp³-hybridized carbons (Fsp3) is 0.0667. The Morgan fingerprint density at radius 2 is 1.95 bits per heavy atom. The Labute approximate surface area is 129 Å². The zero-order chi connectivity index (χ0) is 14.7. The highest BCUT2D eigenvalue weighted by molar-refractivity contribution is 8.01. The minimum Gasteiger partial charge on any atom is -0.325 e. The highest BCUT2D eigenvalue weighted by atomic mass is 32.2. The number of fused-ring (bicyclic) bond motifs is 1. The van der Waals surface area contributed by atoms with Gasteiger partial charge in [-0.05, 0) is 36.4 Å². The molecule has 3 rings (SSSR count). The first-order valence-corrected chi connectivity index (χ1v) is 8.05. The van der Waals surface area contributed by atoms with Crippen molar-refractivity contribution in [3.05, 3.63) is 54.3 Å². The molecule has 0 unspecified atom stereocenters. The van der Waals surface area contributed by atoms with Crippen molar-refractivity contribution < 1.29 is 9.18 Å². The Kier molecular flexibility index (Phi) is 4.17. The van der Waals surface area contributed by atoms with Gasteiger partial charge in [0.1, 0.15) is 5.82 Å². The maximum Gasteiger partial charge on any atom is 0.234 e. The van der Waals surface area contributed by atoms with Crippen LogP contribution in [0.25, 0.3) is 10.2 Å². The van der Waals surface area contributed by atoms with Gasteiger partial charge in [0.2, 0.25) is 5.91 Å². The quantitative estimate of drug-likeness (QED) is 0.734. The molecule has 0 bridgehead atoms. The van der Waals surface area contributed by atoms with Gasteiger partial charge in [-0.15, -0.1) is 11.3 Å². The van der Waals surface area contributed by atoms with Gasteiger partial charge >= 0.3 is 0 Å². The molecule has 6 heteroatoms. The molecule has 0 saturated heterocycles. The number of carbonyl (C=O) groups excluding carboxylic acids is 1. The second-order valence-electron chi connectivity index (χ2n) is 4.29. The summed E-state index contributed by atoms with van der Waals surface area (Å²) in [5.41, 5.74) is 1.54. The molecular formula is C15H11FN2OS2. The molecule has 0 radical (unpaired) electrons. The molecule has 1 amide bonds. The van der Waals surface area contributed by atoms with E-state index in [4.69, 9.17) is 0 Å². The number of thioether (sulfide) groups is 1. The number of hydrogen-bond acceptors (Lipinski definition) is 4. The Balaban J connectivity index is 1.59. The topological polar surface area (TPSA) is 42.0 Å². The molecule has 0 aliphatic carbocycles. The molecular weight excluding hydrogens is 307 g/mol. The predicted molar refractivity (Wildman–Crippen MR) is 85.4 cm³/mol. The van der Waals surface area contributed by atoms with Crippen LogP contribution in [0.2, 0.25) is 0 Å². The van der Waals surface area contributed by atoms with Crippen LogP contribution in [0, 0.1) is 5.82 Å². The van der Waals surface area contributed by atoms with Crippen LogP contribution >= 0.6 is 23.1 Å². The fourth-order valence-corrected chi connectivity index (χ4v) is 3.64. The largest absolute Gasteiger partial charge is 0.325 e. The van der Waals surface area contributed by atoms with Gasteiger partial charge < -0.3 is 5.32 Å². The van der Waals surface area contributed by atoms with Gasteiger partial charge in [0.05, 0.1) is 16.0 Å². The monoisotopic (exact) mass is 318 g/mol. The molecule has 0 aliphatic rings. The molecule has 1 heterocycles. The number of rotatable bonds is 4. The van der Waals surface area contributed by atoms with E-state index in [0.717, 1.165) is 14.6 Å². The van der Waals surface area contributed by atoms with Crippen molar-refractivity contribution >= 4 is 44.9 Å². The van der Waals surface area contributed by atoms with Crippen molar-refractivity contribution in [2.24, 2.45) is 0 Å². The summed E-state index contributed by atoms with van der Waals surface area (Å²) in [7, 11) is 0. The van der Waals surface area contributed by atoms with Gasteiger partial charge in [-0.3, -0.25) is 4.79 Å². The van der Waals surface area contributed by atoms with Crippen LogP contribution in [0.15, 0.2) is 52.9 Å². The zero-order valence-corrected chi connectivity index (χ0v) is 12.5. The highest BCUT2D eigenvalue weighted by Crippen LogP contribution is 2.29. The molecule has 106 valence electrons. The Hall–Kier alpha value is -1.92. The third-order valence-corrected chi connectivity index (χ3v) is 4.91. The van der Waals surface area contributed by atoms with Crippen molar-refractivity contribution in [3.8, 4) is 0 Å². The summed E-state index contributed by atoms with van der Waals surface area (Å²) in [6.07, 6.45) is 0. The third-order valence-electron chi connectivity index (χ3n) is 2.73. The number of benzene rings is 2. The average Bonchev–Trinajstić information content (AvgIpc) is 2.90. The fourth-order valence-electron chi connectivity index (χ4n) is 1.77. The van der Waals surface area contributed by atoms with Crippen LogP contribution in [0.3, 0.4) is 0 Å². The minimum absolute atomic E-state index is 0.133. The summed E-state index contributed by atoms with van der Waals surface area (Å²) in [6.45, 7) is 0. The lowest BCUT2D eigenvalue weighted by Crippen LogP contribution is -2.13. The lowest BCUT2D eigenvalue weighted by Gasteiger charge is -2.03. The molecule has 1 aromatic heterocycles. The molecule has 0 atom stereocenters. The SMILES string of the molecule is O=C(CSc1nc2ccccc2s1)Nc1ccc(F)cc1. The van der Waals surface area contributed by atoms with E-state index in [9.17, 15) is 9.18 Å². The first-order valence-electron chi connectivity index (χ1n) is 6.24. The maximum absolute atomic E-state index is 12.8. The summed E-state index contributed by atoms with van der Waals surface area (Å²) in [6, 6.07) is 13.6. The second kappa shape index (κ2) is 6.24. The molecule has 0 saturated carbocycles. The highest BCUT2D eigenvalue weighted by Gasteiger charge is 2.08. The number of anilines is 1. The summed E-state index contributed by atoms with van der Waals surface area (Å²) in [4.78, 5) is 16.3. The van der Waals surface area contributed by atoms with Gasteiger partial charge in [0, 0.05) is 5.69 Å². The van der Waals surface area contributed by atoms with Gasteiger partial charge in [0.25, 0.3) is 0 Å². The molecule has 3 nitrogen and oxygen atoms in total. The molecule has 0 aliphatic heterocycles. The van der Waals surface area contributed by atoms with E-state index < -0.39 is 0 Å². The van der Waals surface area contributed by atoms with Crippen LogP contribution < -0.4 is 5.32 Å². The number of hydrogen-bond donors (Lipinski definition) is 1. The molecule has 0 spiro atoms. The average molecular weight is 318 g/mol. The van der Waals surface area contributed by atoms with Crippen molar-refractivity contribution in [2.75, 3.05) is 11.1 Å². The third kappa shape index (κ3) is 3.59. The smallest absolute Gasteiger partial charge is 0.234 e. The van der Waals surface area contributed by atoms with Crippen LogP contribution in [0.4, 0.5) is 10.1 Å². The Morgan fingerprint density at radius 1 is 1.19 bits per heavy atom. The number of nitrogens with zero attached hydrogens (tertiary/aromatic N) is 1. The first kappa shape index (κ1) is 14.0. The van der Waals surface area contributed by atoms with Gasteiger partial charge in [-0.25, -0.2) is 9.37 Å². The van der Waals surface area contributed by atoms with E-state index in [1.165, 1.54) is 36.0 Å². The lowest BCUT2D eigenvalue weighted by molar-refractivity contribution is -0.113. The van der Waals surface area contributed by atoms with Crippen molar-refractivity contribution in [1.29, 1.82) is 0 Å². The molecule has 0 fully saturated rings. The first-order chi connectivity index (χ1) is 10.2. The number of amides is 1. The summed E-state index contributed by atoms with van der Waals surface area (Å²) in [5.74, 6) is -0.181. The van der Waals surface area contributed by atoms with Crippen LogP contribution in [-0.2, 0) is 4.79 Å². The predicted octanol–water partition coefficient (Wildman–Crippen LogP) is 4.17. The number of thiazole rings is 1. The van der Waals surface area contributed by atoms with Crippen LogP contribution in [0.5, 0.6) is 0 Å². The molecule has 1 N–H and O–H groups in total. The van der Waals surface area contributed by atoms with E-state index >= 15 is 0 Å². The second-order valence-corrected chi connectivity index (χ2v) is 6.54. The maximum atomic E-state index is 12.8. The number of aromatic nitrogens is 1. The van der Waals surface area contributed by atoms with Crippen molar-refractivity contribution in [1.82, 2.24) is 4.98 Å². The number of halogens is 1. The van der Waals surface area contributed by atoms with E-state index in [1.807, 2.05) is 24.3 Å². The van der Waals surface area contributed by atoms with Crippen molar-refractivity contribution in [2.45, 2.75) is 4.34 Å². The van der Waals surface area contributed by atoms with E-state index in [-0.39, 0.29) is 17.5 Å². The molecule has 21 heavy (non-hydrogen) atoms. The Morgan fingerprint density at radius 3 is 2.71 bits per heavy atom. The standard InChI is InChI=1S/C15H11FN2OS2/c16-10-5-7-11(8-6-10)17-14(19)9-20-15-18-12-3-1-2-4-13(12)21-15/h1-8H,9H2,(H,17,19). The minimum atomic E-state index is -0.322. The lowest BCUT2D eigenvalue weighted by atomic mass is 10.3. The van der Waals surface area contributed by atoms with Gasteiger partial charge in [-0.1, -0.05) is 23.9 Å². The number of carbonyl (C=O) groups is 1. The van der Waals surface area contributed by atoms with Gasteiger partial charge in [-0.2, -0.15) is 0 Å². The molecule has 2 aromatic carbocycles. The van der Waals surface area contributed by atoms with Crippen LogP contribution in [0.1, 0.15) is 0 Å². The van der Waals surface area contributed by atoms with Gasteiger partial charge in [0.15, 0.2) is 4.34 Å². The summed E-state index contributed by atoms with van der Waals surface area (Å²) >= 11 is 2.97. The number of nitrogens with one attached hydrogen (secondary N) is 1. The normalized spacial score (nSPS) is 10.7. The Bertz CT molecular complexity index is 738. The van der Waals surface area contributed by atoms with E-state index in [0.29, 0.717) is 5.69 Å². The molecule has 3 aromatic rings. The van der Waals surface area contributed by atoms with Crippen molar-refractivity contribution in [3.63, 3.8) is 0 Å². The van der Waals surface area contributed by atoms with Crippen LogP contribution in [-0.4, -0.2) is 16.6 Å². The summed E-state index contributed by atoms with van der Waals surface area (Å²) in [5, 5.41) is 2.72. The summed E-state index contributed by atoms with van der Waals surface area (Å²) < 4.78 is 14.7. The van der Waals surface area contributed by atoms with E-state index in [1.54, 1.807) is 11.3 Å². The number of para-hydroxylation sites is 1. The van der Waals surface area contributed by atoms with E-state index in [2.05, 4.69) is 10.3 Å².